The second kappa shape index (κ2) is 2.90. The van der Waals surface area contributed by atoms with Crippen molar-refractivity contribution in [3.63, 3.8) is 0 Å². The van der Waals surface area contributed by atoms with Crippen molar-refractivity contribution >= 4 is 0 Å². The van der Waals surface area contributed by atoms with E-state index in [2.05, 4.69) is 15.1 Å². The first-order valence-corrected chi connectivity index (χ1v) is 4.07. The van der Waals surface area contributed by atoms with Gasteiger partial charge in [0.1, 0.15) is 12.7 Å². The summed E-state index contributed by atoms with van der Waals surface area (Å²) in [6.45, 7) is 2.23. The summed E-state index contributed by atoms with van der Waals surface area (Å²) < 4.78 is 0. The fourth-order valence-electron chi connectivity index (χ4n) is 1.43. The van der Waals surface area contributed by atoms with Crippen molar-refractivity contribution in [3.05, 3.63) is 12.7 Å². The summed E-state index contributed by atoms with van der Waals surface area (Å²) in [5.41, 5.74) is 0. The van der Waals surface area contributed by atoms with Crippen molar-refractivity contribution in [1.29, 1.82) is 0 Å². The van der Waals surface area contributed by atoms with E-state index in [4.69, 9.17) is 0 Å². The van der Waals surface area contributed by atoms with Crippen LogP contribution < -0.4 is 5.01 Å². The highest BCUT2D eigenvalue weighted by Crippen LogP contribution is 2.06. The van der Waals surface area contributed by atoms with E-state index in [-0.39, 0.29) is 0 Å². The average Bonchev–Trinajstić information content (AvgIpc) is 2.58. The Kier molecular flexibility index (Phi) is 1.75. The van der Waals surface area contributed by atoms with E-state index in [0.29, 0.717) is 0 Å². The van der Waals surface area contributed by atoms with Gasteiger partial charge in [0.2, 0.25) is 0 Å². The van der Waals surface area contributed by atoms with Crippen molar-refractivity contribution in [2.24, 2.45) is 0 Å². The molecular formula is C7H12N4. The number of hydrogen-bond acceptors (Lipinski definition) is 3. The summed E-state index contributed by atoms with van der Waals surface area (Å²) in [4.78, 5) is 5.74. The van der Waals surface area contributed by atoms with Crippen LogP contribution in [0.3, 0.4) is 0 Å². The third kappa shape index (κ3) is 1.34. The predicted molar refractivity (Wildman–Crippen MR) is 41.8 cm³/mol. The molecule has 1 fully saturated rings. The normalized spacial score (nSPS) is 18.7. The van der Waals surface area contributed by atoms with Crippen LogP contribution in [0.2, 0.25) is 0 Å². The lowest BCUT2D eigenvalue weighted by molar-refractivity contribution is 0.448. The Bertz CT molecular complexity index is 200. The van der Waals surface area contributed by atoms with Gasteiger partial charge in [0.25, 0.3) is 0 Å². The molecule has 0 unspecified atom stereocenters. The summed E-state index contributed by atoms with van der Waals surface area (Å²) in [5, 5.41) is 6.29. The number of hydrogen-bond donors (Lipinski definition) is 0. The first-order valence-electron chi connectivity index (χ1n) is 4.07. The molecule has 4 nitrogen and oxygen atoms in total. The Hall–Kier alpha value is -1.06. The van der Waals surface area contributed by atoms with Crippen molar-refractivity contribution in [3.8, 4) is 0 Å². The minimum Gasteiger partial charge on any atom is -0.295 e. The van der Waals surface area contributed by atoms with Crippen LogP contribution >= 0.6 is 0 Å². The fraction of sp³-hybridized carbons (Fsp3) is 0.714. The second-order valence-electron chi connectivity index (χ2n) is 2.83. The largest absolute Gasteiger partial charge is 0.295 e. The zero-order valence-corrected chi connectivity index (χ0v) is 6.48. The van der Waals surface area contributed by atoms with E-state index >= 15 is 0 Å². The lowest BCUT2D eigenvalue weighted by Gasteiger charge is -2.27. The molecule has 0 N–H and O–H groups in total. The standard InChI is InChI=1S/C7H12N4/c1-2-4-10(5-3-1)11-7-8-6-9-11/h6-7H,1-5H2. The molecule has 0 amide bonds. The SMILES string of the molecule is c1ncn(N2CCCCC2)n1. The topological polar surface area (TPSA) is 34.0 Å². The van der Waals surface area contributed by atoms with Gasteiger partial charge >= 0.3 is 0 Å². The summed E-state index contributed by atoms with van der Waals surface area (Å²) in [7, 11) is 0. The first-order chi connectivity index (χ1) is 5.47. The summed E-state index contributed by atoms with van der Waals surface area (Å²) in [5.74, 6) is 0. The molecule has 1 aliphatic rings. The summed E-state index contributed by atoms with van der Waals surface area (Å²) in [6, 6.07) is 0. The van der Waals surface area contributed by atoms with Crippen molar-refractivity contribution < 1.29 is 0 Å². The molecule has 2 heterocycles. The van der Waals surface area contributed by atoms with Crippen LogP contribution in [-0.2, 0) is 0 Å². The van der Waals surface area contributed by atoms with Crippen LogP contribution in [-0.4, -0.2) is 28.0 Å². The molecule has 11 heavy (non-hydrogen) atoms. The van der Waals surface area contributed by atoms with Gasteiger partial charge < -0.3 is 0 Å². The maximum atomic E-state index is 4.07. The molecule has 4 heteroatoms. The zero-order chi connectivity index (χ0) is 7.52. The van der Waals surface area contributed by atoms with Gasteiger partial charge in [0.15, 0.2) is 0 Å². The smallest absolute Gasteiger partial charge is 0.139 e. The molecule has 1 saturated heterocycles. The minimum atomic E-state index is 1.11. The molecule has 1 aromatic heterocycles. The van der Waals surface area contributed by atoms with Gasteiger partial charge in [-0.3, -0.25) is 5.01 Å². The molecule has 60 valence electrons. The Balaban J connectivity index is 2.04. The molecule has 0 atom stereocenters. The molecule has 0 bridgehead atoms. The molecule has 2 rings (SSSR count). The lowest BCUT2D eigenvalue weighted by atomic mass is 10.2. The number of nitrogens with zero attached hydrogens (tertiary/aromatic N) is 4. The third-order valence-electron chi connectivity index (χ3n) is 2.03. The van der Waals surface area contributed by atoms with Gasteiger partial charge in [-0.25, -0.2) is 4.98 Å². The quantitative estimate of drug-likeness (QED) is 0.584. The van der Waals surface area contributed by atoms with E-state index < -0.39 is 0 Å². The van der Waals surface area contributed by atoms with Crippen LogP contribution in [0.4, 0.5) is 0 Å². The monoisotopic (exact) mass is 152 g/mol. The van der Waals surface area contributed by atoms with Gasteiger partial charge in [0.05, 0.1) is 0 Å². The average molecular weight is 152 g/mol. The molecule has 0 spiro atoms. The maximum absolute atomic E-state index is 4.07. The highest BCUT2D eigenvalue weighted by molar-refractivity contribution is 4.85. The molecular weight excluding hydrogens is 140 g/mol. The molecule has 1 aliphatic heterocycles. The second-order valence-corrected chi connectivity index (χ2v) is 2.83. The summed E-state index contributed by atoms with van der Waals surface area (Å²) in [6.07, 6.45) is 7.24. The van der Waals surface area contributed by atoms with Gasteiger partial charge in [-0.1, -0.05) is 0 Å². The Morgan fingerprint density at radius 3 is 2.55 bits per heavy atom. The predicted octanol–water partition coefficient (Wildman–Crippen LogP) is 0.400. The zero-order valence-electron chi connectivity index (χ0n) is 6.48. The number of rotatable bonds is 1. The maximum Gasteiger partial charge on any atom is 0.139 e. The Morgan fingerprint density at radius 2 is 1.91 bits per heavy atom. The highest BCUT2D eigenvalue weighted by atomic mass is 15.7. The first kappa shape index (κ1) is 6.64. The molecule has 1 aromatic rings. The van der Waals surface area contributed by atoms with E-state index in [0.717, 1.165) is 13.1 Å². The fourth-order valence-corrected chi connectivity index (χ4v) is 1.43. The lowest BCUT2D eigenvalue weighted by Crippen LogP contribution is -2.39. The summed E-state index contributed by atoms with van der Waals surface area (Å²) >= 11 is 0. The van der Waals surface area contributed by atoms with Crippen LogP contribution in [0.1, 0.15) is 19.3 Å². The van der Waals surface area contributed by atoms with E-state index in [1.54, 1.807) is 12.7 Å². The van der Waals surface area contributed by atoms with Gasteiger partial charge in [-0.2, -0.15) is 4.79 Å². The highest BCUT2D eigenvalue weighted by Gasteiger charge is 2.09. The van der Waals surface area contributed by atoms with Crippen molar-refractivity contribution in [1.82, 2.24) is 14.9 Å². The minimum absolute atomic E-state index is 1.11. The van der Waals surface area contributed by atoms with Crippen LogP contribution in [0.15, 0.2) is 12.7 Å². The van der Waals surface area contributed by atoms with E-state index in [1.807, 2.05) is 4.79 Å². The number of aromatic nitrogens is 3. The molecule has 0 aromatic carbocycles. The van der Waals surface area contributed by atoms with Crippen LogP contribution in [0.5, 0.6) is 0 Å². The van der Waals surface area contributed by atoms with Gasteiger partial charge in [-0.05, 0) is 19.3 Å². The van der Waals surface area contributed by atoms with E-state index in [9.17, 15) is 0 Å². The molecule has 0 radical (unpaired) electrons. The van der Waals surface area contributed by atoms with E-state index in [1.165, 1.54) is 19.3 Å². The van der Waals surface area contributed by atoms with Crippen molar-refractivity contribution in [2.75, 3.05) is 18.1 Å². The van der Waals surface area contributed by atoms with Crippen molar-refractivity contribution in [2.45, 2.75) is 19.3 Å². The molecule has 0 saturated carbocycles. The molecule has 0 aliphatic carbocycles. The third-order valence-corrected chi connectivity index (χ3v) is 2.03. The number of piperidine rings is 1. The van der Waals surface area contributed by atoms with Crippen LogP contribution in [0.25, 0.3) is 0 Å². The Morgan fingerprint density at radius 1 is 1.09 bits per heavy atom. The Labute approximate surface area is 65.8 Å². The van der Waals surface area contributed by atoms with Gasteiger partial charge in [0, 0.05) is 13.1 Å². The van der Waals surface area contributed by atoms with Gasteiger partial charge in [-0.15, -0.1) is 5.10 Å². The van der Waals surface area contributed by atoms with Crippen LogP contribution in [0, 0.1) is 0 Å².